The number of carbonyl (C=O) groups is 2. The second-order valence-electron chi connectivity index (χ2n) is 7.43. The van der Waals surface area contributed by atoms with Crippen LogP contribution in [0.25, 0.3) is 10.9 Å². The standard InChI is InChI=1S/C18H24N4O2/c1-18(2,3)17(24)22-9-7-12(8-10-22)20-16(23)13-5-4-6-15-14(13)11-19-21-15/h4-6,11-12H,7-10H2,1-3H3,(H,19,21)(H,20,23). The fourth-order valence-corrected chi connectivity index (χ4v) is 3.13. The molecule has 0 unspecified atom stereocenters. The van der Waals surface area contributed by atoms with E-state index in [4.69, 9.17) is 0 Å². The van der Waals surface area contributed by atoms with Crippen molar-refractivity contribution >= 4 is 22.7 Å². The molecule has 2 N–H and O–H groups in total. The highest BCUT2D eigenvalue weighted by atomic mass is 16.2. The van der Waals surface area contributed by atoms with Crippen molar-refractivity contribution in [3.8, 4) is 0 Å². The summed E-state index contributed by atoms with van der Waals surface area (Å²) < 4.78 is 0. The number of nitrogens with zero attached hydrogens (tertiary/aromatic N) is 2. The van der Waals surface area contributed by atoms with Crippen LogP contribution in [-0.4, -0.2) is 46.0 Å². The number of nitrogens with one attached hydrogen (secondary N) is 2. The van der Waals surface area contributed by atoms with Gasteiger partial charge in [0.15, 0.2) is 0 Å². The summed E-state index contributed by atoms with van der Waals surface area (Å²) in [5.74, 6) is 0.0954. The van der Waals surface area contributed by atoms with Crippen molar-refractivity contribution in [1.29, 1.82) is 0 Å². The number of benzene rings is 1. The molecule has 1 aliphatic rings. The molecule has 3 rings (SSSR count). The molecule has 1 aliphatic heterocycles. The summed E-state index contributed by atoms with van der Waals surface area (Å²) in [6.45, 7) is 7.20. The Bertz CT molecular complexity index is 752. The van der Waals surface area contributed by atoms with Crippen molar-refractivity contribution in [2.75, 3.05) is 13.1 Å². The Morgan fingerprint density at radius 1 is 1.25 bits per heavy atom. The van der Waals surface area contributed by atoms with Crippen molar-refractivity contribution in [2.24, 2.45) is 5.41 Å². The zero-order valence-corrected chi connectivity index (χ0v) is 14.4. The fourth-order valence-electron chi connectivity index (χ4n) is 3.13. The van der Waals surface area contributed by atoms with E-state index in [0.29, 0.717) is 18.7 Å². The van der Waals surface area contributed by atoms with E-state index in [1.54, 1.807) is 6.20 Å². The molecule has 1 aromatic heterocycles. The highest BCUT2D eigenvalue weighted by Gasteiger charge is 2.30. The number of carbonyl (C=O) groups excluding carboxylic acids is 2. The average molecular weight is 328 g/mol. The van der Waals surface area contributed by atoms with E-state index in [9.17, 15) is 9.59 Å². The number of likely N-dealkylation sites (tertiary alicyclic amines) is 1. The molecule has 24 heavy (non-hydrogen) atoms. The normalized spacial score (nSPS) is 16.4. The van der Waals surface area contributed by atoms with Gasteiger partial charge in [-0.05, 0) is 25.0 Å². The zero-order valence-electron chi connectivity index (χ0n) is 14.4. The molecule has 128 valence electrons. The second-order valence-corrected chi connectivity index (χ2v) is 7.43. The van der Waals surface area contributed by atoms with Crippen LogP contribution in [0.3, 0.4) is 0 Å². The van der Waals surface area contributed by atoms with E-state index < -0.39 is 0 Å². The molecule has 1 aromatic carbocycles. The predicted molar refractivity (Wildman–Crippen MR) is 92.6 cm³/mol. The van der Waals surface area contributed by atoms with Crippen LogP contribution in [0.1, 0.15) is 44.0 Å². The maximum Gasteiger partial charge on any atom is 0.252 e. The van der Waals surface area contributed by atoms with Crippen LogP contribution in [0, 0.1) is 5.41 Å². The maximum atomic E-state index is 12.6. The van der Waals surface area contributed by atoms with Crippen molar-refractivity contribution in [3.05, 3.63) is 30.0 Å². The SMILES string of the molecule is CC(C)(C)C(=O)N1CCC(NC(=O)c2cccc3[nH]ncc23)CC1. The Hall–Kier alpha value is -2.37. The van der Waals surface area contributed by atoms with Gasteiger partial charge in [-0.3, -0.25) is 14.7 Å². The van der Waals surface area contributed by atoms with Crippen LogP contribution in [0.15, 0.2) is 24.4 Å². The van der Waals surface area contributed by atoms with Gasteiger partial charge in [0.1, 0.15) is 0 Å². The number of piperidine rings is 1. The minimum atomic E-state index is -0.354. The van der Waals surface area contributed by atoms with Gasteiger partial charge >= 0.3 is 0 Å². The summed E-state index contributed by atoms with van der Waals surface area (Å²) in [5, 5.41) is 10.8. The molecular weight excluding hydrogens is 304 g/mol. The molecule has 1 saturated heterocycles. The highest BCUT2D eigenvalue weighted by molar-refractivity contribution is 6.06. The van der Waals surface area contributed by atoms with Crippen molar-refractivity contribution in [1.82, 2.24) is 20.4 Å². The van der Waals surface area contributed by atoms with Crippen LogP contribution in [0.4, 0.5) is 0 Å². The number of fused-ring (bicyclic) bond motifs is 1. The third kappa shape index (κ3) is 3.27. The lowest BCUT2D eigenvalue weighted by atomic mass is 9.93. The molecular formula is C18H24N4O2. The van der Waals surface area contributed by atoms with Gasteiger partial charge in [0.2, 0.25) is 5.91 Å². The molecule has 6 nitrogen and oxygen atoms in total. The van der Waals surface area contributed by atoms with Gasteiger partial charge < -0.3 is 10.2 Å². The first-order valence-corrected chi connectivity index (χ1v) is 8.38. The number of aromatic nitrogens is 2. The van der Waals surface area contributed by atoms with Gasteiger partial charge in [-0.15, -0.1) is 0 Å². The van der Waals surface area contributed by atoms with E-state index in [1.807, 2.05) is 43.9 Å². The molecule has 0 aliphatic carbocycles. The zero-order chi connectivity index (χ0) is 17.3. The summed E-state index contributed by atoms with van der Waals surface area (Å²) in [4.78, 5) is 26.8. The van der Waals surface area contributed by atoms with E-state index in [0.717, 1.165) is 23.7 Å². The summed E-state index contributed by atoms with van der Waals surface area (Å²) in [6.07, 6.45) is 3.25. The van der Waals surface area contributed by atoms with Crippen molar-refractivity contribution < 1.29 is 9.59 Å². The molecule has 0 saturated carbocycles. The van der Waals surface area contributed by atoms with E-state index >= 15 is 0 Å². The van der Waals surface area contributed by atoms with Gasteiger partial charge in [-0.1, -0.05) is 26.8 Å². The number of rotatable bonds is 2. The average Bonchev–Trinajstić information content (AvgIpc) is 3.02. The Balaban J connectivity index is 1.61. The monoisotopic (exact) mass is 328 g/mol. The Morgan fingerprint density at radius 3 is 2.62 bits per heavy atom. The number of hydrogen-bond acceptors (Lipinski definition) is 3. The minimum absolute atomic E-state index is 0.0809. The first-order valence-electron chi connectivity index (χ1n) is 8.38. The van der Waals surface area contributed by atoms with Gasteiger partial charge in [0, 0.05) is 29.9 Å². The lowest BCUT2D eigenvalue weighted by Gasteiger charge is -2.36. The van der Waals surface area contributed by atoms with E-state index in [1.165, 1.54) is 0 Å². The third-order valence-electron chi connectivity index (χ3n) is 4.49. The smallest absolute Gasteiger partial charge is 0.252 e. The molecule has 0 bridgehead atoms. The fraction of sp³-hybridized carbons (Fsp3) is 0.500. The van der Waals surface area contributed by atoms with E-state index in [2.05, 4.69) is 15.5 Å². The molecule has 0 spiro atoms. The first-order chi connectivity index (χ1) is 11.4. The Labute approximate surface area is 141 Å². The van der Waals surface area contributed by atoms with Crippen LogP contribution < -0.4 is 5.32 Å². The lowest BCUT2D eigenvalue weighted by molar-refractivity contribution is -0.140. The Morgan fingerprint density at radius 2 is 1.96 bits per heavy atom. The van der Waals surface area contributed by atoms with E-state index in [-0.39, 0.29) is 23.3 Å². The summed E-state index contributed by atoms with van der Waals surface area (Å²) >= 11 is 0. The van der Waals surface area contributed by atoms with Gasteiger partial charge in [-0.2, -0.15) is 5.10 Å². The first kappa shape index (κ1) is 16.5. The van der Waals surface area contributed by atoms with Gasteiger partial charge in [0.05, 0.1) is 17.3 Å². The maximum absolute atomic E-state index is 12.6. The number of amides is 2. The largest absolute Gasteiger partial charge is 0.349 e. The summed E-state index contributed by atoms with van der Waals surface area (Å²) in [7, 11) is 0. The lowest BCUT2D eigenvalue weighted by Crippen LogP contribution is -2.49. The highest BCUT2D eigenvalue weighted by Crippen LogP contribution is 2.22. The third-order valence-corrected chi connectivity index (χ3v) is 4.49. The summed E-state index contributed by atoms with van der Waals surface area (Å²) in [5.41, 5.74) is 1.13. The second kappa shape index (κ2) is 6.26. The van der Waals surface area contributed by atoms with Crippen LogP contribution in [-0.2, 0) is 4.79 Å². The van der Waals surface area contributed by atoms with Crippen molar-refractivity contribution in [3.63, 3.8) is 0 Å². The Kier molecular flexibility index (Phi) is 4.30. The molecule has 0 atom stereocenters. The number of aromatic amines is 1. The molecule has 6 heteroatoms. The molecule has 1 fully saturated rings. The number of H-pyrrole nitrogens is 1. The predicted octanol–water partition coefficient (Wildman–Crippen LogP) is 2.33. The molecule has 2 aromatic rings. The minimum Gasteiger partial charge on any atom is -0.349 e. The quantitative estimate of drug-likeness (QED) is 0.888. The van der Waals surface area contributed by atoms with Crippen LogP contribution >= 0.6 is 0 Å². The molecule has 2 amide bonds. The molecule has 2 heterocycles. The molecule has 0 radical (unpaired) electrons. The van der Waals surface area contributed by atoms with Crippen LogP contribution in [0.2, 0.25) is 0 Å². The van der Waals surface area contributed by atoms with Crippen LogP contribution in [0.5, 0.6) is 0 Å². The van der Waals surface area contributed by atoms with Crippen molar-refractivity contribution in [2.45, 2.75) is 39.7 Å². The number of hydrogen-bond donors (Lipinski definition) is 2. The summed E-state index contributed by atoms with van der Waals surface area (Å²) in [6, 6.07) is 5.66. The topological polar surface area (TPSA) is 78.1 Å². The van der Waals surface area contributed by atoms with Gasteiger partial charge in [0.25, 0.3) is 5.91 Å². The van der Waals surface area contributed by atoms with Gasteiger partial charge in [-0.25, -0.2) is 0 Å².